The molecular weight excluding hydrogens is 272 g/mol. The van der Waals surface area contributed by atoms with Gasteiger partial charge in [0, 0.05) is 50.5 Å². The van der Waals surface area contributed by atoms with E-state index < -0.39 is 0 Å². The van der Waals surface area contributed by atoms with Gasteiger partial charge in [-0.1, -0.05) is 24.3 Å². The summed E-state index contributed by atoms with van der Waals surface area (Å²) in [6, 6.07) is 9.30. The Bertz CT molecular complexity index is 605. The molecule has 3 rings (SSSR count). The molecule has 1 N–H and O–H groups in total. The summed E-state index contributed by atoms with van der Waals surface area (Å²) in [5.74, 6) is 0. The minimum atomic E-state index is 0.482. The van der Waals surface area contributed by atoms with Gasteiger partial charge in [0.2, 0.25) is 0 Å². The van der Waals surface area contributed by atoms with E-state index in [1.54, 1.807) is 0 Å². The Hall–Kier alpha value is -1.65. The van der Waals surface area contributed by atoms with Crippen LogP contribution in [-0.4, -0.2) is 33.8 Å². The van der Waals surface area contributed by atoms with Gasteiger partial charge in [0.1, 0.15) is 0 Å². The fraction of sp³-hybridized carbons (Fsp3) is 0.500. The van der Waals surface area contributed by atoms with Crippen molar-refractivity contribution in [1.29, 1.82) is 0 Å². The summed E-state index contributed by atoms with van der Waals surface area (Å²) >= 11 is 0. The molecule has 0 saturated heterocycles. The molecule has 4 nitrogen and oxygen atoms in total. The number of nitrogens with one attached hydrogen (secondary N) is 1. The molecule has 1 aromatic heterocycles. The van der Waals surface area contributed by atoms with Crippen molar-refractivity contribution in [1.82, 2.24) is 20.0 Å². The first kappa shape index (κ1) is 15.3. The molecule has 1 aliphatic heterocycles. The lowest BCUT2D eigenvalue weighted by molar-refractivity contribution is 0.229. The zero-order valence-corrected chi connectivity index (χ0v) is 13.6. The smallest absolute Gasteiger partial charge is 0.0534 e. The number of rotatable bonds is 6. The third-order valence-corrected chi connectivity index (χ3v) is 4.41. The highest BCUT2D eigenvalue weighted by molar-refractivity contribution is 5.29. The maximum absolute atomic E-state index is 4.32. The standard InChI is InChI=1S/C18H26N4/c1-3-22-13-16(11-20-22)10-19-15(2)12-21-9-8-17-6-4-5-7-18(17)14-21/h4-7,11,13,15,19H,3,8-10,12,14H2,1-2H3. The lowest BCUT2D eigenvalue weighted by Gasteiger charge is -2.31. The van der Waals surface area contributed by atoms with E-state index in [1.165, 1.54) is 23.1 Å². The molecule has 4 heteroatoms. The first-order chi connectivity index (χ1) is 10.7. The van der Waals surface area contributed by atoms with Crippen LogP contribution in [0.25, 0.3) is 0 Å². The van der Waals surface area contributed by atoms with Crippen LogP contribution in [0.3, 0.4) is 0 Å². The lowest BCUT2D eigenvalue weighted by Crippen LogP contribution is -2.41. The van der Waals surface area contributed by atoms with Gasteiger partial charge < -0.3 is 5.32 Å². The molecule has 0 amide bonds. The van der Waals surface area contributed by atoms with Gasteiger partial charge in [-0.15, -0.1) is 0 Å². The Labute approximate surface area is 133 Å². The van der Waals surface area contributed by atoms with Gasteiger partial charge in [-0.2, -0.15) is 5.10 Å². The molecule has 0 saturated carbocycles. The first-order valence-corrected chi connectivity index (χ1v) is 8.28. The number of aromatic nitrogens is 2. The lowest BCUT2D eigenvalue weighted by atomic mass is 10.00. The van der Waals surface area contributed by atoms with E-state index in [2.05, 4.69) is 59.6 Å². The monoisotopic (exact) mass is 298 g/mol. The van der Waals surface area contributed by atoms with Gasteiger partial charge in [0.15, 0.2) is 0 Å². The molecule has 0 aliphatic carbocycles. The van der Waals surface area contributed by atoms with Crippen molar-refractivity contribution in [3.8, 4) is 0 Å². The normalized spacial score (nSPS) is 16.5. The maximum atomic E-state index is 4.32. The molecule has 2 aromatic rings. The average molecular weight is 298 g/mol. The number of benzene rings is 1. The summed E-state index contributed by atoms with van der Waals surface area (Å²) in [7, 11) is 0. The highest BCUT2D eigenvalue weighted by Crippen LogP contribution is 2.18. The molecule has 22 heavy (non-hydrogen) atoms. The molecule has 1 aliphatic rings. The highest BCUT2D eigenvalue weighted by atomic mass is 15.3. The Morgan fingerprint density at radius 3 is 2.86 bits per heavy atom. The van der Waals surface area contributed by atoms with Crippen molar-refractivity contribution in [3.05, 3.63) is 53.3 Å². The zero-order valence-electron chi connectivity index (χ0n) is 13.6. The van der Waals surface area contributed by atoms with Crippen LogP contribution in [0.1, 0.15) is 30.5 Å². The van der Waals surface area contributed by atoms with Gasteiger partial charge in [-0.05, 0) is 31.4 Å². The van der Waals surface area contributed by atoms with E-state index in [1.807, 2.05) is 10.9 Å². The van der Waals surface area contributed by atoms with E-state index in [0.717, 1.165) is 32.7 Å². The average Bonchev–Trinajstić information content (AvgIpc) is 3.01. The molecular formula is C18H26N4. The molecule has 0 spiro atoms. The number of aryl methyl sites for hydroxylation is 1. The molecule has 1 aromatic carbocycles. The van der Waals surface area contributed by atoms with Crippen molar-refractivity contribution < 1.29 is 0 Å². The zero-order chi connectivity index (χ0) is 15.4. The van der Waals surface area contributed by atoms with Gasteiger partial charge in [-0.3, -0.25) is 9.58 Å². The number of hydrogen-bond acceptors (Lipinski definition) is 3. The summed E-state index contributed by atoms with van der Waals surface area (Å²) in [6.45, 7) is 9.54. The van der Waals surface area contributed by atoms with Crippen molar-refractivity contribution in [3.63, 3.8) is 0 Å². The quantitative estimate of drug-likeness (QED) is 0.889. The van der Waals surface area contributed by atoms with E-state index in [9.17, 15) is 0 Å². The Morgan fingerprint density at radius 1 is 1.27 bits per heavy atom. The van der Waals surface area contributed by atoms with Crippen LogP contribution < -0.4 is 5.32 Å². The topological polar surface area (TPSA) is 33.1 Å². The number of hydrogen-bond donors (Lipinski definition) is 1. The number of nitrogens with zero attached hydrogens (tertiary/aromatic N) is 3. The molecule has 0 fully saturated rings. The minimum Gasteiger partial charge on any atom is -0.309 e. The van der Waals surface area contributed by atoms with Crippen LogP contribution in [-0.2, 0) is 26.1 Å². The third kappa shape index (κ3) is 3.76. The summed E-state index contributed by atoms with van der Waals surface area (Å²) in [5.41, 5.74) is 4.27. The summed E-state index contributed by atoms with van der Waals surface area (Å²) < 4.78 is 1.98. The second-order valence-electron chi connectivity index (χ2n) is 6.24. The summed E-state index contributed by atoms with van der Waals surface area (Å²) in [5, 5.41) is 7.93. The van der Waals surface area contributed by atoms with Gasteiger partial charge >= 0.3 is 0 Å². The first-order valence-electron chi connectivity index (χ1n) is 8.28. The second kappa shape index (κ2) is 7.07. The summed E-state index contributed by atoms with van der Waals surface area (Å²) in [4.78, 5) is 2.55. The van der Waals surface area contributed by atoms with Gasteiger partial charge in [0.05, 0.1) is 6.20 Å². The maximum Gasteiger partial charge on any atom is 0.0534 e. The van der Waals surface area contributed by atoms with E-state index in [4.69, 9.17) is 0 Å². The molecule has 0 radical (unpaired) electrons. The molecule has 1 atom stereocenters. The fourth-order valence-corrected chi connectivity index (χ4v) is 3.12. The predicted molar refractivity (Wildman–Crippen MR) is 89.6 cm³/mol. The van der Waals surface area contributed by atoms with Crippen molar-refractivity contribution in [2.24, 2.45) is 0 Å². The van der Waals surface area contributed by atoms with Crippen LogP contribution in [0.2, 0.25) is 0 Å². The van der Waals surface area contributed by atoms with Crippen LogP contribution in [0, 0.1) is 0 Å². The van der Waals surface area contributed by atoms with Crippen LogP contribution in [0.15, 0.2) is 36.7 Å². The fourth-order valence-electron chi connectivity index (χ4n) is 3.12. The van der Waals surface area contributed by atoms with E-state index in [0.29, 0.717) is 6.04 Å². The number of fused-ring (bicyclic) bond motifs is 1. The molecule has 0 bridgehead atoms. The van der Waals surface area contributed by atoms with E-state index in [-0.39, 0.29) is 0 Å². The Morgan fingerprint density at radius 2 is 2.09 bits per heavy atom. The van der Waals surface area contributed by atoms with Gasteiger partial charge in [0.25, 0.3) is 0 Å². The largest absolute Gasteiger partial charge is 0.309 e. The Balaban J connectivity index is 1.47. The minimum absolute atomic E-state index is 0.482. The summed E-state index contributed by atoms with van der Waals surface area (Å²) in [6.07, 6.45) is 5.25. The molecule has 1 unspecified atom stereocenters. The Kier molecular flexibility index (Phi) is 4.90. The predicted octanol–water partition coefficient (Wildman–Crippen LogP) is 2.44. The van der Waals surface area contributed by atoms with Crippen LogP contribution >= 0.6 is 0 Å². The SMILES string of the molecule is CCn1cc(CNC(C)CN2CCc3ccccc3C2)cn1. The van der Waals surface area contributed by atoms with Gasteiger partial charge in [-0.25, -0.2) is 0 Å². The van der Waals surface area contributed by atoms with Crippen molar-refractivity contribution in [2.75, 3.05) is 13.1 Å². The third-order valence-electron chi connectivity index (χ3n) is 4.41. The van der Waals surface area contributed by atoms with E-state index >= 15 is 0 Å². The van der Waals surface area contributed by atoms with Crippen LogP contribution in [0.4, 0.5) is 0 Å². The van der Waals surface area contributed by atoms with Crippen LogP contribution in [0.5, 0.6) is 0 Å². The molecule has 2 heterocycles. The van der Waals surface area contributed by atoms with Crippen molar-refractivity contribution in [2.45, 2.75) is 45.9 Å². The molecule has 118 valence electrons. The second-order valence-corrected chi connectivity index (χ2v) is 6.24. The highest BCUT2D eigenvalue weighted by Gasteiger charge is 2.17. The van der Waals surface area contributed by atoms with Crippen molar-refractivity contribution >= 4 is 0 Å².